The van der Waals surface area contributed by atoms with Crippen LogP contribution in [0.25, 0.3) is 0 Å². The van der Waals surface area contributed by atoms with E-state index in [0.29, 0.717) is 0 Å². The first-order chi connectivity index (χ1) is 2.00. The monoisotopic (exact) mass is 279 g/mol. The summed E-state index contributed by atoms with van der Waals surface area (Å²) in [7, 11) is -5.39. The van der Waals surface area contributed by atoms with E-state index in [2.05, 4.69) is 0 Å². The van der Waals surface area contributed by atoms with Crippen LogP contribution in [0.3, 0.4) is 0 Å². The fraction of sp³-hybridized carbons (Fsp3) is 0. The molecule has 0 saturated heterocycles. The van der Waals surface area contributed by atoms with Crippen molar-refractivity contribution >= 4 is 7.82 Å². The first kappa shape index (κ1) is 108. The Labute approximate surface area is 82.7 Å². The van der Waals surface area contributed by atoms with Crippen molar-refractivity contribution < 1.29 is 74.1 Å². The molecule has 95 valence electrons. The fourth-order valence-corrected chi connectivity index (χ4v) is 0. The standard InChI is InChI=1S/Ni.H3O4P.7H2O/c;1-5(2,3)4;;;;;;;/h;(H3,1,2,3,4);7*1H2/q+3;;;;;;;;/p-3. The normalized spacial score (nSPS) is 4.54. The molecule has 0 fully saturated rings. The maximum absolute atomic E-state index is 8.55. The van der Waals surface area contributed by atoms with Gasteiger partial charge in [-0.2, -0.15) is 7.82 Å². The molecule has 0 heterocycles. The first-order valence-electron chi connectivity index (χ1n) is 0.730. The second-order valence-electron chi connectivity index (χ2n) is 0.447. The molecule has 13 heteroatoms. The molecule has 0 unspecified atom stereocenters. The molecule has 1 radical (unpaired) electrons. The summed E-state index contributed by atoms with van der Waals surface area (Å²) in [6.07, 6.45) is 0. The second kappa shape index (κ2) is 39.5. The Hall–Kier alpha value is 0.324. The Morgan fingerprint density at radius 2 is 0.615 bits per heavy atom. The van der Waals surface area contributed by atoms with Crippen LogP contribution in [0.4, 0.5) is 0 Å². The summed E-state index contributed by atoms with van der Waals surface area (Å²) in [6, 6.07) is 0. The Morgan fingerprint density at radius 3 is 0.615 bits per heavy atom. The maximum atomic E-state index is 8.55. The van der Waals surface area contributed by atoms with Gasteiger partial charge in [0.15, 0.2) is 0 Å². The van der Waals surface area contributed by atoms with Crippen molar-refractivity contribution in [2.24, 2.45) is 0 Å². The molecule has 0 atom stereocenters. The van der Waals surface area contributed by atoms with Crippen LogP contribution in [0.1, 0.15) is 0 Å². The molecule has 13 heavy (non-hydrogen) atoms. The van der Waals surface area contributed by atoms with Crippen LogP contribution in [-0.2, 0) is 21.1 Å². The van der Waals surface area contributed by atoms with E-state index in [4.69, 9.17) is 19.2 Å². The zero-order valence-corrected chi connectivity index (χ0v) is 7.78. The van der Waals surface area contributed by atoms with Gasteiger partial charge in [0.2, 0.25) is 0 Å². The van der Waals surface area contributed by atoms with Crippen molar-refractivity contribution in [3.05, 3.63) is 0 Å². The summed E-state index contributed by atoms with van der Waals surface area (Å²) in [5, 5.41) is 0. The Kier molecular flexibility index (Phi) is 329. The van der Waals surface area contributed by atoms with Gasteiger partial charge in [-0.05, 0) is 0 Å². The molecule has 0 bridgehead atoms. The van der Waals surface area contributed by atoms with E-state index in [1.54, 1.807) is 0 Å². The van der Waals surface area contributed by atoms with Crippen molar-refractivity contribution in [3.8, 4) is 0 Å². The van der Waals surface area contributed by atoms with Crippen LogP contribution in [0.15, 0.2) is 0 Å². The molecule has 14 N–H and O–H groups in total. The van der Waals surface area contributed by atoms with E-state index in [1.807, 2.05) is 0 Å². The fourth-order valence-electron chi connectivity index (χ4n) is 0. The van der Waals surface area contributed by atoms with E-state index < -0.39 is 7.82 Å². The van der Waals surface area contributed by atoms with Gasteiger partial charge in [-0.25, -0.2) is 0 Å². The van der Waals surface area contributed by atoms with Crippen molar-refractivity contribution in [2.45, 2.75) is 0 Å². The van der Waals surface area contributed by atoms with Gasteiger partial charge in [-0.1, -0.05) is 0 Å². The zero-order chi connectivity index (χ0) is 4.50. The summed E-state index contributed by atoms with van der Waals surface area (Å²) in [5.74, 6) is 0. The minimum absolute atomic E-state index is 0. The molecule has 0 rings (SSSR count). The molecule has 0 amide bonds. The molecule has 11 nitrogen and oxygen atoms in total. The zero-order valence-electron chi connectivity index (χ0n) is 5.90. The van der Waals surface area contributed by atoms with Crippen LogP contribution in [0.2, 0.25) is 0 Å². The van der Waals surface area contributed by atoms with E-state index >= 15 is 0 Å². The van der Waals surface area contributed by atoms with Gasteiger partial charge >= 0.3 is 16.5 Å². The average molecular weight is 280 g/mol. The second-order valence-corrected chi connectivity index (χ2v) is 1.34. The van der Waals surface area contributed by atoms with E-state index in [9.17, 15) is 0 Å². The molecule has 0 saturated carbocycles. The Bertz CT molecular complexity index is 56.2. The van der Waals surface area contributed by atoms with E-state index in [-0.39, 0.29) is 54.8 Å². The van der Waals surface area contributed by atoms with Crippen molar-refractivity contribution in [3.63, 3.8) is 0 Å². The average Bonchev–Trinajstić information content (AvgIpc) is 0.722. The van der Waals surface area contributed by atoms with Crippen LogP contribution < -0.4 is 14.7 Å². The first-order valence-corrected chi connectivity index (χ1v) is 2.19. The molecule has 0 aliphatic heterocycles. The predicted octanol–water partition coefficient (Wildman–Crippen LogP) is -8.60. The largest absolute Gasteiger partial charge is 3.00 e. The minimum atomic E-state index is -5.39. The van der Waals surface area contributed by atoms with Gasteiger partial charge in [0.1, 0.15) is 0 Å². The van der Waals surface area contributed by atoms with Crippen LogP contribution in [-0.4, -0.2) is 38.3 Å². The number of hydrogen-bond acceptors (Lipinski definition) is 4. The molecular formula is H14NiO11P. The minimum Gasteiger partial charge on any atom is -0.822 e. The van der Waals surface area contributed by atoms with Gasteiger partial charge in [-0.15, -0.1) is 0 Å². The summed E-state index contributed by atoms with van der Waals surface area (Å²) >= 11 is 0. The Morgan fingerprint density at radius 1 is 0.615 bits per heavy atom. The number of rotatable bonds is 0. The quantitative estimate of drug-likeness (QED) is 0.307. The van der Waals surface area contributed by atoms with Gasteiger partial charge in [-0.3, -0.25) is 0 Å². The summed E-state index contributed by atoms with van der Waals surface area (Å²) in [6.45, 7) is 0. The smallest absolute Gasteiger partial charge is 0.822 e. The molecular weight excluding hydrogens is 266 g/mol. The molecule has 0 aromatic rings. The Balaban J connectivity index is -0.00000000286. The third kappa shape index (κ3) is 12500. The van der Waals surface area contributed by atoms with E-state index in [0.717, 1.165) is 0 Å². The third-order valence-electron chi connectivity index (χ3n) is 0. The SMILES string of the molecule is O.O.O.O.O.O.O.O=P([O-])([O-])[O-].[Ni+3]. The molecule has 0 aromatic carbocycles. The van der Waals surface area contributed by atoms with Gasteiger partial charge in [0.25, 0.3) is 0 Å². The molecule has 0 aromatic heterocycles. The number of hydrogen-bond donors (Lipinski definition) is 0. The third-order valence-corrected chi connectivity index (χ3v) is 0. The summed E-state index contributed by atoms with van der Waals surface area (Å²) in [4.78, 5) is 25.6. The van der Waals surface area contributed by atoms with E-state index in [1.165, 1.54) is 0 Å². The molecule has 0 spiro atoms. The van der Waals surface area contributed by atoms with Crippen molar-refractivity contribution in [1.82, 2.24) is 0 Å². The predicted molar refractivity (Wildman–Crippen MR) is 32.9 cm³/mol. The molecule has 0 aliphatic carbocycles. The maximum Gasteiger partial charge on any atom is 3.00 e. The summed E-state index contributed by atoms with van der Waals surface area (Å²) in [5.41, 5.74) is 0. The number of phosphoric acid groups is 1. The van der Waals surface area contributed by atoms with Crippen molar-refractivity contribution in [1.29, 1.82) is 0 Å². The topological polar surface area (TPSA) is 307 Å². The summed E-state index contributed by atoms with van der Waals surface area (Å²) < 4.78 is 8.55. The van der Waals surface area contributed by atoms with Gasteiger partial charge < -0.3 is 57.6 Å². The van der Waals surface area contributed by atoms with Gasteiger partial charge in [0, 0.05) is 0 Å². The van der Waals surface area contributed by atoms with Crippen LogP contribution in [0.5, 0.6) is 0 Å². The molecule has 0 aliphatic rings. The van der Waals surface area contributed by atoms with Crippen LogP contribution in [0, 0.1) is 0 Å². The van der Waals surface area contributed by atoms with Gasteiger partial charge in [0.05, 0.1) is 0 Å². The van der Waals surface area contributed by atoms with Crippen LogP contribution >= 0.6 is 7.82 Å². The van der Waals surface area contributed by atoms with Crippen molar-refractivity contribution in [2.75, 3.05) is 0 Å².